The Morgan fingerprint density at radius 3 is 2.48 bits per heavy atom. The molecule has 0 aliphatic carbocycles. The van der Waals surface area contributed by atoms with Crippen LogP contribution < -0.4 is 19.7 Å². The molecule has 0 spiro atoms. The first-order chi connectivity index (χ1) is 13.1. The van der Waals surface area contributed by atoms with E-state index in [0.717, 1.165) is 18.7 Å². The summed E-state index contributed by atoms with van der Waals surface area (Å²) in [6.45, 7) is 6.58. The average molecular weight is 370 g/mol. The maximum Gasteiger partial charge on any atom is 0.220 e. The first-order valence-corrected chi connectivity index (χ1v) is 9.37. The van der Waals surface area contributed by atoms with E-state index in [1.54, 1.807) is 14.2 Å². The number of amides is 1. The van der Waals surface area contributed by atoms with Crippen LogP contribution in [0, 0.1) is 6.92 Å². The SMILES string of the molecule is CCN(CCNC(=O)CCc1ccc(OC)c(OC)c1)c1ccccc1C. The van der Waals surface area contributed by atoms with Crippen molar-refractivity contribution in [2.45, 2.75) is 26.7 Å². The summed E-state index contributed by atoms with van der Waals surface area (Å²) < 4.78 is 10.5. The number of anilines is 1. The van der Waals surface area contributed by atoms with Crippen LogP contribution in [0.3, 0.4) is 0 Å². The van der Waals surface area contributed by atoms with Crippen molar-refractivity contribution in [2.24, 2.45) is 0 Å². The van der Waals surface area contributed by atoms with E-state index in [9.17, 15) is 4.79 Å². The first-order valence-electron chi connectivity index (χ1n) is 9.37. The van der Waals surface area contributed by atoms with Gasteiger partial charge in [-0.3, -0.25) is 4.79 Å². The highest BCUT2D eigenvalue weighted by Gasteiger charge is 2.09. The molecule has 0 saturated carbocycles. The first kappa shape index (κ1) is 20.6. The summed E-state index contributed by atoms with van der Waals surface area (Å²) in [7, 11) is 3.23. The molecule has 1 amide bonds. The molecule has 5 nitrogen and oxygen atoms in total. The van der Waals surface area contributed by atoms with Gasteiger partial charge in [-0.25, -0.2) is 0 Å². The minimum atomic E-state index is 0.0608. The number of hydrogen-bond donors (Lipinski definition) is 1. The van der Waals surface area contributed by atoms with E-state index in [1.807, 2.05) is 30.3 Å². The van der Waals surface area contributed by atoms with Crippen LogP contribution in [0.4, 0.5) is 5.69 Å². The summed E-state index contributed by atoms with van der Waals surface area (Å²) >= 11 is 0. The lowest BCUT2D eigenvalue weighted by Gasteiger charge is -2.25. The molecule has 2 rings (SSSR count). The van der Waals surface area contributed by atoms with E-state index in [4.69, 9.17) is 9.47 Å². The molecule has 0 bridgehead atoms. The fourth-order valence-electron chi connectivity index (χ4n) is 3.08. The molecule has 0 atom stereocenters. The minimum absolute atomic E-state index is 0.0608. The zero-order chi connectivity index (χ0) is 19.6. The third-order valence-corrected chi connectivity index (χ3v) is 4.63. The second-order valence-electron chi connectivity index (χ2n) is 6.41. The third-order valence-electron chi connectivity index (χ3n) is 4.63. The summed E-state index contributed by atoms with van der Waals surface area (Å²) in [6.07, 6.45) is 1.12. The molecule has 2 aromatic rings. The van der Waals surface area contributed by atoms with E-state index in [2.05, 4.69) is 36.2 Å². The standard InChI is InChI=1S/C22H30N2O3/c1-5-24(19-9-7-6-8-17(19)2)15-14-23-22(25)13-11-18-10-12-20(26-3)21(16-18)27-4/h6-10,12,16H,5,11,13-15H2,1-4H3,(H,23,25). The Kier molecular flexibility index (Phi) is 7.99. The highest BCUT2D eigenvalue weighted by Crippen LogP contribution is 2.27. The number of rotatable bonds is 10. The van der Waals surface area contributed by atoms with Crippen LogP contribution in [-0.4, -0.2) is 39.8 Å². The lowest BCUT2D eigenvalue weighted by atomic mass is 10.1. The Labute approximate surface area is 162 Å². The molecule has 0 unspecified atom stereocenters. The van der Waals surface area contributed by atoms with E-state index in [1.165, 1.54) is 11.3 Å². The Morgan fingerprint density at radius 2 is 1.81 bits per heavy atom. The highest BCUT2D eigenvalue weighted by atomic mass is 16.5. The van der Waals surface area contributed by atoms with Crippen LogP contribution in [0.15, 0.2) is 42.5 Å². The predicted molar refractivity (Wildman–Crippen MR) is 110 cm³/mol. The molecule has 27 heavy (non-hydrogen) atoms. The van der Waals surface area contributed by atoms with Gasteiger partial charge in [-0.15, -0.1) is 0 Å². The molecule has 5 heteroatoms. The van der Waals surface area contributed by atoms with Gasteiger partial charge >= 0.3 is 0 Å². The number of benzene rings is 2. The van der Waals surface area contributed by atoms with Crippen LogP contribution in [0.2, 0.25) is 0 Å². The van der Waals surface area contributed by atoms with Gasteiger partial charge in [0.15, 0.2) is 11.5 Å². The van der Waals surface area contributed by atoms with Crippen LogP contribution in [0.5, 0.6) is 11.5 Å². The molecule has 146 valence electrons. The van der Waals surface area contributed by atoms with Crippen LogP contribution in [0.25, 0.3) is 0 Å². The van der Waals surface area contributed by atoms with Gasteiger partial charge in [0, 0.05) is 31.7 Å². The third kappa shape index (κ3) is 5.91. The number of ether oxygens (including phenoxy) is 2. The number of aryl methyl sites for hydroxylation is 2. The fraction of sp³-hybridized carbons (Fsp3) is 0.409. The number of carbonyl (C=O) groups is 1. The van der Waals surface area contributed by atoms with Gasteiger partial charge in [0.2, 0.25) is 5.91 Å². The monoisotopic (exact) mass is 370 g/mol. The zero-order valence-corrected chi connectivity index (χ0v) is 16.7. The molecule has 1 N–H and O–H groups in total. The van der Waals surface area contributed by atoms with E-state index >= 15 is 0 Å². The highest BCUT2D eigenvalue weighted by molar-refractivity contribution is 5.76. The van der Waals surface area contributed by atoms with Crippen molar-refractivity contribution >= 4 is 11.6 Å². The van der Waals surface area contributed by atoms with Gasteiger partial charge in [0.25, 0.3) is 0 Å². The summed E-state index contributed by atoms with van der Waals surface area (Å²) in [5.74, 6) is 1.44. The minimum Gasteiger partial charge on any atom is -0.493 e. The second kappa shape index (κ2) is 10.5. The molecule has 2 aromatic carbocycles. The van der Waals surface area contributed by atoms with Crippen molar-refractivity contribution in [3.8, 4) is 11.5 Å². The van der Waals surface area contributed by atoms with Crippen molar-refractivity contribution in [3.63, 3.8) is 0 Å². The summed E-state index contributed by atoms with van der Waals surface area (Å²) in [5, 5.41) is 3.02. The van der Waals surface area contributed by atoms with Crippen molar-refractivity contribution < 1.29 is 14.3 Å². The van der Waals surface area contributed by atoms with Gasteiger partial charge in [-0.1, -0.05) is 24.3 Å². The summed E-state index contributed by atoms with van der Waals surface area (Å²) in [6, 6.07) is 14.1. The molecule has 0 fully saturated rings. The molecule has 0 heterocycles. The molecular weight excluding hydrogens is 340 g/mol. The van der Waals surface area contributed by atoms with Gasteiger partial charge in [0.1, 0.15) is 0 Å². The normalized spacial score (nSPS) is 10.4. The molecule has 0 radical (unpaired) electrons. The van der Waals surface area contributed by atoms with Crippen molar-refractivity contribution in [1.82, 2.24) is 5.32 Å². The van der Waals surface area contributed by atoms with E-state index in [0.29, 0.717) is 30.9 Å². The number of nitrogens with one attached hydrogen (secondary N) is 1. The van der Waals surface area contributed by atoms with Crippen LogP contribution in [0.1, 0.15) is 24.5 Å². The summed E-state index contributed by atoms with van der Waals surface area (Å²) in [4.78, 5) is 14.5. The Balaban J connectivity index is 1.80. The Hall–Kier alpha value is -2.69. The van der Waals surface area contributed by atoms with Crippen molar-refractivity contribution in [3.05, 3.63) is 53.6 Å². The lowest BCUT2D eigenvalue weighted by molar-refractivity contribution is -0.120. The molecular formula is C22H30N2O3. The number of para-hydroxylation sites is 1. The van der Waals surface area contributed by atoms with Crippen molar-refractivity contribution in [1.29, 1.82) is 0 Å². The molecule has 0 saturated heterocycles. The zero-order valence-electron chi connectivity index (χ0n) is 16.7. The number of likely N-dealkylation sites (N-methyl/N-ethyl adjacent to an activating group) is 1. The van der Waals surface area contributed by atoms with Gasteiger partial charge in [-0.2, -0.15) is 0 Å². The second-order valence-corrected chi connectivity index (χ2v) is 6.41. The maximum absolute atomic E-state index is 12.2. The summed E-state index contributed by atoms with van der Waals surface area (Å²) in [5.41, 5.74) is 3.52. The predicted octanol–water partition coefficient (Wildman–Crippen LogP) is 3.59. The average Bonchev–Trinajstić information content (AvgIpc) is 2.70. The largest absolute Gasteiger partial charge is 0.493 e. The number of hydrogen-bond acceptors (Lipinski definition) is 4. The number of carbonyl (C=O) groups excluding carboxylic acids is 1. The smallest absolute Gasteiger partial charge is 0.220 e. The topological polar surface area (TPSA) is 50.8 Å². The Bertz CT molecular complexity index is 746. The van der Waals surface area contributed by atoms with Gasteiger partial charge in [-0.05, 0) is 49.6 Å². The van der Waals surface area contributed by atoms with Crippen LogP contribution in [-0.2, 0) is 11.2 Å². The van der Waals surface area contributed by atoms with E-state index in [-0.39, 0.29) is 5.91 Å². The van der Waals surface area contributed by atoms with Crippen molar-refractivity contribution in [2.75, 3.05) is 38.8 Å². The van der Waals surface area contributed by atoms with Gasteiger partial charge < -0.3 is 19.7 Å². The quantitative estimate of drug-likeness (QED) is 0.694. The fourth-order valence-corrected chi connectivity index (χ4v) is 3.08. The van der Waals surface area contributed by atoms with Crippen LogP contribution >= 0.6 is 0 Å². The molecule has 0 aromatic heterocycles. The van der Waals surface area contributed by atoms with Gasteiger partial charge in [0.05, 0.1) is 14.2 Å². The molecule has 0 aliphatic heterocycles. The Morgan fingerprint density at radius 1 is 1.07 bits per heavy atom. The lowest BCUT2D eigenvalue weighted by Crippen LogP contribution is -2.35. The maximum atomic E-state index is 12.2. The number of nitrogens with zero attached hydrogens (tertiary/aromatic N) is 1. The van der Waals surface area contributed by atoms with E-state index < -0.39 is 0 Å². The molecule has 0 aliphatic rings. The number of methoxy groups -OCH3 is 2.